The van der Waals surface area contributed by atoms with Crippen LogP contribution in [0.4, 0.5) is 0 Å². The van der Waals surface area contributed by atoms with E-state index in [1.807, 2.05) is 11.9 Å². The molecule has 0 unspecified atom stereocenters. The van der Waals surface area contributed by atoms with Gasteiger partial charge in [-0.3, -0.25) is 4.79 Å². The summed E-state index contributed by atoms with van der Waals surface area (Å²) in [5, 5.41) is 3.32. The van der Waals surface area contributed by atoms with Gasteiger partial charge < -0.3 is 15.0 Å². The number of carbonyl (C=O) groups excluding carboxylic acids is 1. The molecular weight excluding hydrogens is 240 g/mol. The Morgan fingerprint density at radius 3 is 2.53 bits per heavy atom. The van der Waals surface area contributed by atoms with Crippen LogP contribution in [-0.4, -0.2) is 49.7 Å². The van der Waals surface area contributed by atoms with Gasteiger partial charge in [0.05, 0.1) is 11.5 Å². The van der Waals surface area contributed by atoms with Gasteiger partial charge in [-0.15, -0.1) is 0 Å². The van der Waals surface area contributed by atoms with E-state index in [9.17, 15) is 4.79 Å². The first-order valence-corrected chi connectivity index (χ1v) is 7.36. The Kier molecular flexibility index (Phi) is 3.94. The summed E-state index contributed by atoms with van der Waals surface area (Å²) in [7, 11) is 3.73. The molecule has 0 bridgehead atoms. The maximum Gasteiger partial charge on any atom is 0.226 e. The highest BCUT2D eigenvalue weighted by molar-refractivity contribution is 5.79. The van der Waals surface area contributed by atoms with Crippen molar-refractivity contribution in [2.45, 2.75) is 51.7 Å². The van der Waals surface area contributed by atoms with Gasteiger partial charge in [-0.1, -0.05) is 13.8 Å². The third kappa shape index (κ3) is 2.29. The lowest BCUT2D eigenvalue weighted by atomic mass is 9.55. The maximum atomic E-state index is 12.6. The first kappa shape index (κ1) is 14.8. The largest absolute Gasteiger partial charge is 0.378 e. The summed E-state index contributed by atoms with van der Waals surface area (Å²) >= 11 is 0. The van der Waals surface area contributed by atoms with Crippen LogP contribution in [0.3, 0.4) is 0 Å². The first-order chi connectivity index (χ1) is 8.83. The number of ether oxygens (including phenoxy) is 1. The van der Waals surface area contributed by atoms with E-state index in [0.717, 1.165) is 32.4 Å². The molecule has 1 N–H and O–H groups in total. The number of amides is 1. The predicted octanol–water partition coefficient (Wildman–Crippen LogP) is 1.65. The van der Waals surface area contributed by atoms with Crippen LogP contribution >= 0.6 is 0 Å². The molecule has 1 aliphatic carbocycles. The topological polar surface area (TPSA) is 41.6 Å². The number of hydrogen-bond acceptors (Lipinski definition) is 3. The number of piperidine rings is 1. The smallest absolute Gasteiger partial charge is 0.226 e. The highest BCUT2D eigenvalue weighted by Crippen LogP contribution is 2.53. The molecule has 2 fully saturated rings. The zero-order valence-electron chi connectivity index (χ0n) is 13.0. The molecule has 0 aromatic heterocycles. The molecule has 0 aromatic carbocycles. The molecule has 1 saturated carbocycles. The Morgan fingerprint density at radius 2 is 2.05 bits per heavy atom. The van der Waals surface area contributed by atoms with E-state index in [2.05, 4.69) is 26.1 Å². The van der Waals surface area contributed by atoms with Crippen LogP contribution in [0.1, 0.15) is 40.0 Å². The zero-order chi connectivity index (χ0) is 14.3. The van der Waals surface area contributed by atoms with Crippen LogP contribution in [0.5, 0.6) is 0 Å². The monoisotopic (exact) mass is 268 g/mol. The molecule has 0 spiro atoms. The minimum absolute atomic E-state index is 0.00819. The van der Waals surface area contributed by atoms with Crippen LogP contribution in [0.2, 0.25) is 0 Å². The van der Waals surface area contributed by atoms with Gasteiger partial charge in [0.1, 0.15) is 0 Å². The number of hydrogen-bond donors (Lipinski definition) is 1. The minimum Gasteiger partial charge on any atom is -0.378 e. The predicted molar refractivity (Wildman–Crippen MR) is 76.0 cm³/mol. The quantitative estimate of drug-likeness (QED) is 0.846. The van der Waals surface area contributed by atoms with Crippen molar-refractivity contribution in [1.82, 2.24) is 10.2 Å². The fourth-order valence-corrected chi connectivity index (χ4v) is 3.58. The zero-order valence-corrected chi connectivity index (χ0v) is 13.0. The Hall–Kier alpha value is -0.610. The second-order valence-electron chi connectivity index (χ2n) is 6.87. The van der Waals surface area contributed by atoms with E-state index >= 15 is 0 Å². The SMILES string of the molecule is CO[C@]1(C)C[C@H](N(C)C(=O)[C@H]2CCCNC2)C1(C)C. The lowest BCUT2D eigenvalue weighted by molar-refractivity contribution is -0.208. The number of carbonyl (C=O) groups is 1. The van der Waals surface area contributed by atoms with Gasteiger partial charge in [-0.05, 0) is 32.7 Å². The molecule has 1 amide bonds. The molecule has 4 heteroatoms. The average molecular weight is 268 g/mol. The van der Waals surface area contributed by atoms with Crippen molar-refractivity contribution >= 4 is 5.91 Å². The van der Waals surface area contributed by atoms with Gasteiger partial charge in [0.15, 0.2) is 0 Å². The summed E-state index contributed by atoms with van der Waals surface area (Å²) in [5.74, 6) is 0.451. The summed E-state index contributed by atoms with van der Waals surface area (Å²) < 4.78 is 5.64. The van der Waals surface area contributed by atoms with E-state index < -0.39 is 0 Å². The molecule has 1 heterocycles. The molecule has 0 radical (unpaired) electrons. The summed E-state index contributed by atoms with van der Waals surface area (Å²) in [5.41, 5.74) is -0.106. The van der Waals surface area contributed by atoms with Crippen LogP contribution in [0, 0.1) is 11.3 Å². The van der Waals surface area contributed by atoms with Gasteiger partial charge in [0.25, 0.3) is 0 Å². The van der Waals surface area contributed by atoms with E-state index in [1.165, 1.54) is 0 Å². The standard InChI is InChI=1S/C15H28N2O2/c1-14(2)12(9-15(14,3)19-5)17(4)13(18)11-7-6-8-16-10-11/h11-12,16H,6-10H2,1-5H3/t11-,12-,15+/m0/s1. The first-order valence-electron chi connectivity index (χ1n) is 7.36. The van der Waals surface area contributed by atoms with Gasteiger partial charge in [0.2, 0.25) is 5.91 Å². The molecule has 1 saturated heterocycles. The highest BCUT2D eigenvalue weighted by atomic mass is 16.5. The Morgan fingerprint density at radius 1 is 1.37 bits per heavy atom. The summed E-state index contributed by atoms with van der Waals surface area (Å²) in [6, 6.07) is 0.284. The summed E-state index contributed by atoms with van der Waals surface area (Å²) in [6.45, 7) is 8.42. The molecule has 110 valence electrons. The van der Waals surface area contributed by atoms with Crippen molar-refractivity contribution in [2.75, 3.05) is 27.2 Å². The molecule has 19 heavy (non-hydrogen) atoms. The number of rotatable bonds is 3. The molecule has 4 nitrogen and oxygen atoms in total. The van der Waals surface area contributed by atoms with Gasteiger partial charge in [-0.25, -0.2) is 0 Å². The maximum absolute atomic E-state index is 12.6. The summed E-state index contributed by atoms with van der Waals surface area (Å²) in [6.07, 6.45) is 3.05. The molecule has 2 aliphatic rings. The van der Waals surface area contributed by atoms with Crippen molar-refractivity contribution in [3.63, 3.8) is 0 Å². The molecule has 1 aliphatic heterocycles. The Bertz CT molecular complexity index is 350. The van der Waals surface area contributed by atoms with E-state index in [4.69, 9.17) is 4.74 Å². The molecule has 2 rings (SSSR count). The number of methoxy groups -OCH3 is 1. The molecular formula is C15H28N2O2. The van der Waals surface area contributed by atoms with Crippen LogP contribution in [-0.2, 0) is 9.53 Å². The van der Waals surface area contributed by atoms with Crippen LogP contribution in [0.15, 0.2) is 0 Å². The highest BCUT2D eigenvalue weighted by Gasteiger charge is 2.60. The lowest BCUT2D eigenvalue weighted by Gasteiger charge is -2.61. The third-order valence-corrected chi connectivity index (χ3v) is 5.69. The van der Waals surface area contributed by atoms with Gasteiger partial charge >= 0.3 is 0 Å². The normalized spacial score (nSPS) is 37.5. The van der Waals surface area contributed by atoms with E-state index in [0.29, 0.717) is 5.91 Å². The second kappa shape index (κ2) is 5.06. The van der Waals surface area contributed by atoms with Crippen LogP contribution in [0.25, 0.3) is 0 Å². The lowest BCUT2D eigenvalue weighted by Crippen LogP contribution is -2.69. The van der Waals surface area contributed by atoms with Crippen molar-refractivity contribution < 1.29 is 9.53 Å². The fourth-order valence-electron chi connectivity index (χ4n) is 3.58. The van der Waals surface area contributed by atoms with Gasteiger partial charge in [-0.2, -0.15) is 0 Å². The fraction of sp³-hybridized carbons (Fsp3) is 0.933. The average Bonchev–Trinajstić information content (AvgIpc) is 2.43. The minimum atomic E-state index is -0.114. The second-order valence-corrected chi connectivity index (χ2v) is 6.87. The van der Waals surface area contributed by atoms with E-state index in [1.54, 1.807) is 7.11 Å². The van der Waals surface area contributed by atoms with Crippen molar-refractivity contribution in [1.29, 1.82) is 0 Å². The Labute approximate surface area is 116 Å². The Balaban J connectivity index is 2.01. The van der Waals surface area contributed by atoms with Crippen molar-refractivity contribution in [2.24, 2.45) is 11.3 Å². The molecule has 3 atom stereocenters. The number of nitrogens with one attached hydrogen (secondary N) is 1. The van der Waals surface area contributed by atoms with Crippen molar-refractivity contribution in [3.05, 3.63) is 0 Å². The molecule has 0 aromatic rings. The third-order valence-electron chi connectivity index (χ3n) is 5.69. The van der Waals surface area contributed by atoms with Gasteiger partial charge in [0, 0.05) is 32.2 Å². The summed E-state index contributed by atoms with van der Waals surface area (Å²) in [4.78, 5) is 14.5. The van der Waals surface area contributed by atoms with E-state index in [-0.39, 0.29) is 23.0 Å². The van der Waals surface area contributed by atoms with Crippen molar-refractivity contribution in [3.8, 4) is 0 Å². The van der Waals surface area contributed by atoms with Crippen LogP contribution < -0.4 is 5.32 Å². The number of nitrogens with zero attached hydrogens (tertiary/aromatic N) is 1.